The minimum atomic E-state index is -1.10. The van der Waals surface area contributed by atoms with Gasteiger partial charge in [0, 0.05) is 6.20 Å². The minimum Gasteiger partial charge on any atom is -0.394 e. The van der Waals surface area contributed by atoms with Gasteiger partial charge in [-0.25, -0.2) is 0 Å². The molecule has 1 aromatic heterocycles. The molecule has 16 heavy (non-hydrogen) atoms. The molecule has 0 spiro atoms. The van der Waals surface area contributed by atoms with Crippen molar-refractivity contribution in [3.63, 3.8) is 0 Å². The van der Waals surface area contributed by atoms with Crippen LogP contribution < -0.4 is 0 Å². The summed E-state index contributed by atoms with van der Waals surface area (Å²) in [4.78, 5) is 4.00. The zero-order valence-corrected chi connectivity index (χ0v) is 9.08. The molecule has 88 valence electrons. The fraction of sp³-hybridized carbons (Fsp3) is 0.500. The topological polar surface area (TPSA) is 82.8 Å². The van der Waals surface area contributed by atoms with Crippen molar-refractivity contribution in [2.45, 2.75) is 24.4 Å². The van der Waals surface area contributed by atoms with E-state index < -0.39 is 24.4 Å². The summed E-state index contributed by atoms with van der Waals surface area (Å²) in [5, 5.41) is 28.7. The number of halogens is 1. The molecule has 6 heteroatoms. The molecule has 4 atom stereocenters. The fourth-order valence-electron chi connectivity index (χ4n) is 1.70. The van der Waals surface area contributed by atoms with Crippen molar-refractivity contribution in [3.8, 4) is 0 Å². The Balaban J connectivity index is 2.19. The summed E-state index contributed by atoms with van der Waals surface area (Å²) in [6.07, 6.45) is -2.27. The Morgan fingerprint density at radius 1 is 1.31 bits per heavy atom. The van der Waals surface area contributed by atoms with Crippen molar-refractivity contribution >= 4 is 11.6 Å². The van der Waals surface area contributed by atoms with Crippen LogP contribution in [0.25, 0.3) is 0 Å². The van der Waals surface area contributed by atoms with Crippen LogP contribution in [0.2, 0.25) is 5.02 Å². The molecule has 1 aromatic rings. The van der Waals surface area contributed by atoms with Crippen molar-refractivity contribution in [3.05, 3.63) is 29.0 Å². The minimum absolute atomic E-state index is 0.345. The zero-order chi connectivity index (χ0) is 11.7. The third kappa shape index (κ3) is 2.05. The molecule has 0 unspecified atom stereocenters. The Morgan fingerprint density at radius 3 is 2.56 bits per heavy atom. The molecule has 1 saturated heterocycles. The van der Waals surface area contributed by atoms with E-state index in [2.05, 4.69) is 4.98 Å². The maximum atomic E-state index is 9.72. The average molecular weight is 246 g/mol. The van der Waals surface area contributed by atoms with E-state index in [4.69, 9.17) is 21.4 Å². The highest BCUT2D eigenvalue weighted by atomic mass is 35.5. The van der Waals surface area contributed by atoms with Crippen molar-refractivity contribution < 1.29 is 20.1 Å². The van der Waals surface area contributed by atoms with E-state index in [0.29, 0.717) is 10.7 Å². The van der Waals surface area contributed by atoms with Crippen molar-refractivity contribution in [2.75, 3.05) is 6.61 Å². The first-order chi connectivity index (χ1) is 7.63. The maximum Gasteiger partial charge on any atom is 0.128 e. The maximum absolute atomic E-state index is 9.72. The Kier molecular flexibility index (Phi) is 3.41. The smallest absolute Gasteiger partial charge is 0.128 e. The largest absolute Gasteiger partial charge is 0.394 e. The van der Waals surface area contributed by atoms with Crippen molar-refractivity contribution in [2.24, 2.45) is 0 Å². The van der Waals surface area contributed by atoms with Gasteiger partial charge in [0.1, 0.15) is 24.4 Å². The third-order valence-corrected chi connectivity index (χ3v) is 2.81. The Bertz CT molecular complexity index is 358. The van der Waals surface area contributed by atoms with Crippen LogP contribution in [0.4, 0.5) is 0 Å². The highest BCUT2D eigenvalue weighted by Crippen LogP contribution is 2.32. The molecule has 1 fully saturated rings. The molecular formula is C10H12ClNO4. The molecule has 1 aliphatic rings. The average Bonchev–Trinajstić information content (AvgIpc) is 2.57. The fourth-order valence-corrected chi connectivity index (χ4v) is 1.81. The zero-order valence-electron chi connectivity index (χ0n) is 8.32. The third-order valence-electron chi connectivity index (χ3n) is 2.58. The van der Waals surface area contributed by atoms with Crippen LogP contribution in [0.5, 0.6) is 0 Å². The summed E-state index contributed by atoms with van der Waals surface area (Å²) in [5.74, 6) is 0. The molecule has 0 aromatic carbocycles. The summed E-state index contributed by atoms with van der Waals surface area (Å²) in [6, 6.07) is 3.24. The first kappa shape index (κ1) is 11.8. The predicted molar refractivity (Wildman–Crippen MR) is 56.0 cm³/mol. The molecule has 0 radical (unpaired) electrons. The second kappa shape index (κ2) is 4.65. The van der Waals surface area contributed by atoms with Gasteiger partial charge in [-0.3, -0.25) is 4.98 Å². The molecule has 0 amide bonds. The van der Waals surface area contributed by atoms with E-state index >= 15 is 0 Å². The number of aromatic nitrogens is 1. The van der Waals surface area contributed by atoms with Crippen LogP contribution in [0.1, 0.15) is 11.8 Å². The SMILES string of the molecule is OC[C@H]1O[C@@H](c2ccc(Cl)cn2)[C@H](O)[C@@H]1O. The van der Waals surface area contributed by atoms with Crippen LogP contribution in [-0.2, 0) is 4.74 Å². The number of aliphatic hydroxyl groups excluding tert-OH is 3. The number of ether oxygens (including phenoxy) is 1. The molecular weight excluding hydrogens is 234 g/mol. The van der Waals surface area contributed by atoms with Gasteiger partial charge in [-0.05, 0) is 12.1 Å². The van der Waals surface area contributed by atoms with Crippen LogP contribution in [0.3, 0.4) is 0 Å². The van der Waals surface area contributed by atoms with Crippen molar-refractivity contribution in [1.29, 1.82) is 0 Å². The molecule has 0 aliphatic carbocycles. The lowest BCUT2D eigenvalue weighted by Crippen LogP contribution is -2.32. The van der Waals surface area contributed by atoms with Gasteiger partial charge in [0.15, 0.2) is 0 Å². The Morgan fingerprint density at radius 2 is 2.06 bits per heavy atom. The number of rotatable bonds is 2. The first-order valence-electron chi connectivity index (χ1n) is 4.87. The van der Waals surface area contributed by atoms with Crippen molar-refractivity contribution in [1.82, 2.24) is 4.98 Å². The quantitative estimate of drug-likeness (QED) is 0.677. The van der Waals surface area contributed by atoms with E-state index in [1.165, 1.54) is 6.20 Å². The lowest BCUT2D eigenvalue weighted by molar-refractivity contribution is -0.0239. The molecule has 2 heterocycles. The molecule has 3 N–H and O–H groups in total. The van der Waals surface area contributed by atoms with Gasteiger partial charge in [-0.2, -0.15) is 0 Å². The standard InChI is InChI=1S/C10H12ClNO4/c11-5-1-2-6(12-3-5)10-9(15)8(14)7(4-13)16-10/h1-3,7-10,13-15H,4H2/t7-,8-,9-,10+/m1/s1. The Hall–Kier alpha value is -0.720. The summed E-state index contributed by atoms with van der Waals surface area (Å²) in [5.41, 5.74) is 0.479. The molecule has 0 bridgehead atoms. The summed E-state index contributed by atoms with van der Waals surface area (Å²) in [7, 11) is 0. The van der Waals surface area contributed by atoms with Gasteiger partial charge < -0.3 is 20.1 Å². The lowest BCUT2D eigenvalue weighted by atomic mass is 10.1. The predicted octanol–water partition coefficient (Wildman–Crippen LogP) is -0.111. The van der Waals surface area contributed by atoms with Gasteiger partial charge in [0.05, 0.1) is 17.3 Å². The lowest BCUT2D eigenvalue weighted by Gasteiger charge is -2.13. The summed E-state index contributed by atoms with van der Waals surface area (Å²) < 4.78 is 5.31. The van der Waals surface area contributed by atoms with Gasteiger partial charge in [0.2, 0.25) is 0 Å². The second-order valence-corrected chi connectivity index (χ2v) is 4.10. The van der Waals surface area contributed by atoms with Gasteiger partial charge >= 0.3 is 0 Å². The highest BCUT2D eigenvalue weighted by molar-refractivity contribution is 6.30. The number of hydrogen-bond acceptors (Lipinski definition) is 5. The van der Waals surface area contributed by atoms with Gasteiger partial charge in [0.25, 0.3) is 0 Å². The van der Waals surface area contributed by atoms with E-state index in [-0.39, 0.29) is 6.61 Å². The number of hydrogen-bond donors (Lipinski definition) is 3. The van der Waals surface area contributed by atoms with E-state index in [1.54, 1.807) is 12.1 Å². The highest BCUT2D eigenvalue weighted by Gasteiger charge is 2.43. The van der Waals surface area contributed by atoms with E-state index in [1.807, 2.05) is 0 Å². The summed E-state index contributed by atoms with van der Waals surface area (Å²) in [6.45, 7) is -0.345. The van der Waals surface area contributed by atoms with Crippen LogP contribution in [0, 0.1) is 0 Å². The van der Waals surface area contributed by atoms with E-state index in [9.17, 15) is 10.2 Å². The number of pyridine rings is 1. The normalized spacial score (nSPS) is 34.2. The molecule has 2 rings (SSSR count). The second-order valence-electron chi connectivity index (χ2n) is 3.66. The van der Waals surface area contributed by atoms with E-state index in [0.717, 1.165) is 0 Å². The van der Waals surface area contributed by atoms with Gasteiger partial charge in [-0.1, -0.05) is 11.6 Å². The monoisotopic (exact) mass is 245 g/mol. The van der Waals surface area contributed by atoms with Gasteiger partial charge in [-0.15, -0.1) is 0 Å². The molecule has 5 nitrogen and oxygen atoms in total. The Labute approximate surface area is 97.3 Å². The van der Waals surface area contributed by atoms with Crippen LogP contribution in [0.15, 0.2) is 18.3 Å². The molecule has 1 aliphatic heterocycles. The number of aliphatic hydroxyl groups is 3. The number of nitrogens with zero attached hydrogens (tertiary/aromatic N) is 1. The van der Waals surface area contributed by atoms with Crippen LogP contribution >= 0.6 is 11.6 Å². The summed E-state index contributed by atoms with van der Waals surface area (Å²) >= 11 is 5.68. The van der Waals surface area contributed by atoms with Crippen LogP contribution in [-0.4, -0.2) is 45.2 Å². The molecule has 0 saturated carbocycles. The first-order valence-corrected chi connectivity index (χ1v) is 5.25.